The number of methoxy groups -OCH3 is 1. The summed E-state index contributed by atoms with van der Waals surface area (Å²) in [6.07, 6.45) is 0. The highest BCUT2D eigenvalue weighted by Gasteiger charge is 2.12. The van der Waals surface area contributed by atoms with Gasteiger partial charge in [-0.1, -0.05) is 35.5 Å². The average molecular weight is 364 g/mol. The fourth-order valence-electron chi connectivity index (χ4n) is 2.54. The Morgan fingerprint density at radius 2 is 1.88 bits per heavy atom. The van der Waals surface area contributed by atoms with Gasteiger partial charge in [-0.05, 0) is 41.3 Å². The van der Waals surface area contributed by atoms with Crippen molar-refractivity contribution in [3.05, 3.63) is 71.6 Å². The number of rotatable bonds is 6. The van der Waals surface area contributed by atoms with Gasteiger partial charge in [-0.25, -0.2) is 0 Å². The van der Waals surface area contributed by atoms with Crippen LogP contribution in [0.15, 0.2) is 70.6 Å². The van der Waals surface area contributed by atoms with E-state index in [0.29, 0.717) is 29.8 Å². The van der Waals surface area contributed by atoms with E-state index in [9.17, 15) is 0 Å². The minimum atomic E-state index is 0.417. The van der Waals surface area contributed by atoms with Gasteiger partial charge in [0.05, 0.1) is 12.0 Å². The maximum absolute atomic E-state index is 5.88. The van der Waals surface area contributed by atoms with Crippen molar-refractivity contribution in [2.24, 2.45) is 0 Å². The van der Waals surface area contributed by atoms with Crippen LogP contribution >= 0.6 is 11.3 Å². The third-order valence-electron chi connectivity index (χ3n) is 3.80. The molecule has 0 unspecified atom stereocenters. The smallest absolute Gasteiger partial charge is 0.258 e. The molecule has 0 aliphatic heterocycles. The zero-order valence-electron chi connectivity index (χ0n) is 14.1. The van der Waals surface area contributed by atoms with Crippen LogP contribution in [0.1, 0.15) is 5.56 Å². The average Bonchev–Trinajstić information content (AvgIpc) is 3.38. The Hall–Kier alpha value is -3.12. The maximum Gasteiger partial charge on any atom is 0.258 e. The summed E-state index contributed by atoms with van der Waals surface area (Å²) in [6.45, 7) is 0.417. The predicted molar refractivity (Wildman–Crippen MR) is 100 cm³/mol. The van der Waals surface area contributed by atoms with Crippen molar-refractivity contribution in [2.75, 3.05) is 7.11 Å². The van der Waals surface area contributed by atoms with E-state index in [4.69, 9.17) is 14.0 Å². The van der Waals surface area contributed by atoms with Gasteiger partial charge in [-0.15, -0.1) is 11.3 Å². The molecular weight excluding hydrogens is 348 g/mol. The number of para-hydroxylation sites is 2. The van der Waals surface area contributed by atoms with Gasteiger partial charge in [0, 0.05) is 5.56 Å². The lowest BCUT2D eigenvalue weighted by atomic mass is 10.1. The van der Waals surface area contributed by atoms with Crippen LogP contribution in [0.2, 0.25) is 0 Å². The van der Waals surface area contributed by atoms with Crippen LogP contribution in [-0.4, -0.2) is 17.3 Å². The molecule has 2 heterocycles. The standard InChI is InChI=1S/C20H16N2O3S/c1-23-16-8-2-3-9-17(16)24-13-14-6-4-7-15(12-14)20-21-19(22-25-20)18-10-5-11-26-18/h2-12H,13H2,1H3. The van der Waals surface area contributed by atoms with E-state index in [2.05, 4.69) is 10.1 Å². The zero-order valence-corrected chi connectivity index (χ0v) is 14.9. The normalized spacial score (nSPS) is 10.7. The Morgan fingerprint density at radius 1 is 1.00 bits per heavy atom. The summed E-state index contributed by atoms with van der Waals surface area (Å²) >= 11 is 1.58. The third kappa shape index (κ3) is 3.45. The number of hydrogen-bond donors (Lipinski definition) is 0. The van der Waals surface area contributed by atoms with Gasteiger partial charge in [-0.3, -0.25) is 0 Å². The van der Waals surface area contributed by atoms with Crippen molar-refractivity contribution in [1.82, 2.24) is 10.1 Å². The molecule has 0 radical (unpaired) electrons. The van der Waals surface area contributed by atoms with Crippen LogP contribution in [0.3, 0.4) is 0 Å². The van der Waals surface area contributed by atoms with Gasteiger partial charge < -0.3 is 14.0 Å². The Bertz CT molecular complexity index is 996. The summed E-state index contributed by atoms with van der Waals surface area (Å²) in [7, 11) is 1.63. The molecule has 2 aromatic carbocycles. The molecule has 4 rings (SSSR count). The summed E-state index contributed by atoms with van der Waals surface area (Å²) in [5, 5.41) is 6.04. The van der Waals surface area contributed by atoms with Gasteiger partial charge in [0.2, 0.25) is 5.82 Å². The molecule has 0 spiro atoms. The molecule has 0 fully saturated rings. The number of ether oxygens (including phenoxy) is 2. The van der Waals surface area contributed by atoms with E-state index in [1.165, 1.54) is 0 Å². The van der Waals surface area contributed by atoms with Crippen LogP contribution in [0.4, 0.5) is 0 Å². The quantitative estimate of drug-likeness (QED) is 0.479. The van der Waals surface area contributed by atoms with E-state index in [0.717, 1.165) is 16.0 Å². The van der Waals surface area contributed by atoms with E-state index >= 15 is 0 Å². The van der Waals surface area contributed by atoms with Crippen molar-refractivity contribution in [2.45, 2.75) is 6.61 Å². The van der Waals surface area contributed by atoms with Gasteiger partial charge in [0.1, 0.15) is 6.61 Å². The lowest BCUT2D eigenvalue weighted by Crippen LogP contribution is -1.97. The second-order valence-corrected chi connectivity index (χ2v) is 6.49. The van der Waals surface area contributed by atoms with Crippen LogP contribution < -0.4 is 9.47 Å². The first-order chi connectivity index (χ1) is 12.8. The number of nitrogens with zero attached hydrogens (tertiary/aromatic N) is 2. The summed E-state index contributed by atoms with van der Waals surface area (Å²) in [5.74, 6) is 2.51. The van der Waals surface area contributed by atoms with Crippen molar-refractivity contribution in [1.29, 1.82) is 0 Å². The molecule has 4 aromatic rings. The molecule has 5 nitrogen and oxygen atoms in total. The van der Waals surface area contributed by atoms with Crippen LogP contribution in [0.25, 0.3) is 22.2 Å². The Balaban J connectivity index is 1.52. The van der Waals surface area contributed by atoms with Crippen LogP contribution in [0, 0.1) is 0 Å². The maximum atomic E-state index is 5.88. The lowest BCUT2D eigenvalue weighted by molar-refractivity contribution is 0.284. The molecule has 130 valence electrons. The molecule has 0 aliphatic rings. The summed E-state index contributed by atoms with van der Waals surface area (Å²) in [6, 6.07) is 19.4. The summed E-state index contributed by atoms with van der Waals surface area (Å²) in [5.41, 5.74) is 1.87. The second-order valence-electron chi connectivity index (χ2n) is 5.54. The zero-order chi connectivity index (χ0) is 17.8. The SMILES string of the molecule is COc1ccccc1OCc1cccc(-c2nc(-c3cccs3)no2)c1. The molecule has 0 bridgehead atoms. The van der Waals surface area contributed by atoms with Gasteiger partial charge in [0.25, 0.3) is 5.89 Å². The number of hydrogen-bond acceptors (Lipinski definition) is 6. The first kappa shape index (κ1) is 16.4. The molecular formula is C20H16N2O3S. The number of thiophene rings is 1. The summed E-state index contributed by atoms with van der Waals surface area (Å²) < 4.78 is 16.6. The second kappa shape index (κ2) is 7.41. The van der Waals surface area contributed by atoms with Crippen molar-refractivity contribution in [3.8, 4) is 33.7 Å². The first-order valence-corrected chi connectivity index (χ1v) is 8.94. The van der Waals surface area contributed by atoms with E-state index in [-0.39, 0.29) is 0 Å². The Labute approximate surface area is 154 Å². The monoisotopic (exact) mass is 364 g/mol. The number of benzene rings is 2. The van der Waals surface area contributed by atoms with E-state index in [1.807, 2.05) is 66.0 Å². The fraction of sp³-hybridized carbons (Fsp3) is 0.100. The highest BCUT2D eigenvalue weighted by atomic mass is 32.1. The summed E-state index contributed by atoms with van der Waals surface area (Å²) in [4.78, 5) is 5.46. The topological polar surface area (TPSA) is 57.4 Å². The van der Waals surface area contributed by atoms with Gasteiger partial charge in [-0.2, -0.15) is 4.98 Å². The molecule has 6 heteroatoms. The molecule has 2 aromatic heterocycles. The van der Waals surface area contributed by atoms with E-state index in [1.54, 1.807) is 18.4 Å². The van der Waals surface area contributed by atoms with Gasteiger partial charge >= 0.3 is 0 Å². The van der Waals surface area contributed by atoms with Crippen molar-refractivity contribution in [3.63, 3.8) is 0 Å². The van der Waals surface area contributed by atoms with Gasteiger partial charge in [0.15, 0.2) is 11.5 Å². The minimum absolute atomic E-state index is 0.417. The van der Waals surface area contributed by atoms with Crippen molar-refractivity contribution < 1.29 is 14.0 Å². The first-order valence-electron chi connectivity index (χ1n) is 8.06. The Morgan fingerprint density at radius 3 is 2.69 bits per heavy atom. The highest BCUT2D eigenvalue weighted by Crippen LogP contribution is 2.28. The highest BCUT2D eigenvalue weighted by molar-refractivity contribution is 7.13. The molecule has 0 amide bonds. The minimum Gasteiger partial charge on any atom is -0.493 e. The number of aromatic nitrogens is 2. The molecule has 0 aliphatic carbocycles. The predicted octanol–water partition coefficient (Wildman–Crippen LogP) is 5.05. The molecule has 0 saturated carbocycles. The largest absolute Gasteiger partial charge is 0.493 e. The molecule has 0 atom stereocenters. The lowest BCUT2D eigenvalue weighted by Gasteiger charge is -2.10. The fourth-order valence-corrected chi connectivity index (χ4v) is 3.19. The Kier molecular flexibility index (Phi) is 4.66. The molecule has 0 N–H and O–H groups in total. The van der Waals surface area contributed by atoms with Crippen LogP contribution in [-0.2, 0) is 6.61 Å². The molecule has 0 saturated heterocycles. The third-order valence-corrected chi connectivity index (χ3v) is 4.67. The van der Waals surface area contributed by atoms with E-state index < -0.39 is 0 Å². The van der Waals surface area contributed by atoms with Crippen LogP contribution in [0.5, 0.6) is 11.5 Å². The molecule has 26 heavy (non-hydrogen) atoms. The van der Waals surface area contributed by atoms with Crippen molar-refractivity contribution >= 4 is 11.3 Å².